The molecule has 0 bridgehead atoms. The van der Waals surface area contributed by atoms with Crippen molar-refractivity contribution in [1.82, 2.24) is 10.2 Å². The molecule has 0 aliphatic heterocycles. The number of amides is 1. The van der Waals surface area contributed by atoms with Crippen molar-refractivity contribution < 1.29 is 4.79 Å². The van der Waals surface area contributed by atoms with Gasteiger partial charge in [-0.25, -0.2) is 0 Å². The largest absolute Gasteiger partial charge is 0.348 e. The maximum atomic E-state index is 11.3. The van der Waals surface area contributed by atoms with Crippen molar-refractivity contribution in [2.45, 2.75) is 39.2 Å². The Hall–Kier alpha value is -0.570. The Kier molecular flexibility index (Phi) is 3.53. The van der Waals surface area contributed by atoms with E-state index in [9.17, 15) is 4.79 Å². The van der Waals surface area contributed by atoms with Gasteiger partial charge in [0.05, 0.1) is 6.54 Å². The van der Waals surface area contributed by atoms with Crippen molar-refractivity contribution >= 4 is 5.91 Å². The number of likely N-dealkylation sites (N-methyl/N-ethyl adjacent to an activating group) is 1. The number of nitrogens with one attached hydrogen (secondary N) is 1. The molecule has 0 heterocycles. The summed E-state index contributed by atoms with van der Waals surface area (Å²) in [4.78, 5) is 13.0. The molecule has 0 aromatic carbocycles. The second kappa shape index (κ2) is 4.30. The lowest BCUT2D eigenvalue weighted by atomic mass is 9.92. The molecule has 0 radical (unpaired) electrons. The average molecular weight is 198 g/mol. The van der Waals surface area contributed by atoms with Gasteiger partial charge in [-0.1, -0.05) is 13.8 Å². The first-order valence-electron chi connectivity index (χ1n) is 5.34. The molecule has 1 unspecified atom stereocenters. The van der Waals surface area contributed by atoms with Gasteiger partial charge in [-0.05, 0) is 24.7 Å². The molecule has 1 saturated carbocycles. The SMILES string of the molecule is CN(C)C(=O)CNC1CCC(C)(C)C1. The van der Waals surface area contributed by atoms with E-state index in [1.54, 1.807) is 19.0 Å². The zero-order valence-corrected chi connectivity index (χ0v) is 9.76. The summed E-state index contributed by atoms with van der Waals surface area (Å²) in [7, 11) is 3.59. The summed E-state index contributed by atoms with van der Waals surface area (Å²) in [5.41, 5.74) is 0.457. The number of carbonyl (C=O) groups is 1. The highest BCUT2D eigenvalue weighted by Crippen LogP contribution is 2.36. The number of hydrogen-bond donors (Lipinski definition) is 1. The van der Waals surface area contributed by atoms with Crippen LogP contribution in [0.2, 0.25) is 0 Å². The van der Waals surface area contributed by atoms with E-state index in [1.165, 1.54) is 19.3 Å². The van der Waals surface area contributed by atoms with Gasteiger partial charge in [0.1, 0.15) is 0 Å². The van der Waals surface area contributed by atoms with Crippen molar-refractivity contribution in [3.63, 3.8) is 0 Å². The first-order valence-corrected chi connectivity index (χ1v) is 5.34. The zero-order valence-electron chi connectivity index (χ0n) is 9.76. The molecule has 82 valence electrons. The van der Waals surface area contributed by atoms with Crippen LogP contribution in [-0.2, 0) is 4.79 Å². The van der Waals surface area contributed by atoms with Crippen molar-refractivity contribution in [1.29, 1.82) is 0 Å². The molecule has 1 atom stereocenters. The number of carbonyl (C=O) groups excluding carboxylic acids is 1. The normalized spacial score (nSPS) is 25.0. The Morgan fingerprint density at radius 1 is 1.50 bits per heavy atom. The van der Waals surface area contributed by atoms with Gasteiger partial charge in [0, 0.05) is 20.1 Å². The van der Waals surface area contributed by atoms with Crippen LogP contribution in [0.4, 0.5) is 0 Å². The fraction of sp³-hybridized carbons (Fsp3) is 0.909. The number of nitrogens with zero attached hydrogens (tertiary/aromatic N) is 1. The number of rotatable bonds is 3. The third-order valence-electron chi connectivity index (χ3n) is 3.01. The molecule has 14 heavy (non-hydrogen) atoms. The van der Waals surface area contributed by atoms with Gasteiger partial charge in [-0.15, -0.1) is 0 Å². The van der Waals surface area contributed by atoms with E-state index in [1.807, 2.05) is 0 Å². The van der Waals surface area contributed by atoms with E-state index < -0.39 is 0 Å². The highest BCUT2D eigenvalue weighted by Gasteiger charge is 2.30. The molecular weight excluding hydrogens is 176 g/mol. The molecule has 3 heteroatoms. The van der Waals surface area contributed by atoms with Gasteiger partial charge in [-0.3, -0.25) is 4.79 Å². The molecule has 0 aromatic heterocycles. The molecule has 0 saturated heterocycles. The van der Waals surface area contributed by atoms with Crippen LogP contribution in [0.3, 0.4) is 0 Å². The average Bonchev–Trinajstić information content (AvgIpc) is 2.41. The first kappa shape index (κ1) is 11.5. The molecule has 0 spiro atoms. The quantitative estimate of drug-likeness (QED) is 0.740. The smallest absolute Gasteiger partial charge is 0.236 e. The Bertz CT molecular complexity index is 211. The van der Waals surface area contributed by atoms with Crippen LogP contribution in [0.5, 0.6) is 0 Å². The Morgan fingerprint density at radius 3 is 2.57 bits per heavy atom. The van der Waals surface area contributed by atoms with Crippen LogP contribution in [0.15, 0.2) is 0 Å². The Morgan fingerprint density at radius 2 is 2.14 bits per heavy atom. The van der Waals surface area contributed by atoms with Gasteiger partial charge in [0.15, 0.2) is 0 Å². The Balaban J connectivity index is 2.24. The minimum Gasteiger partial charge on any atom is -0.348 e. The van der Waals surface area contributed by atoms with Gasteiger partial charge < -0.3 is 10.2 Å². The van der Waals surface area contributed by atoms with Gasteiger partial charge in [-0.2, -0.15) is 0 Å². The summed E-state index contributed by atoms with van der Waals surface area (Å²) in [5, 5.41) is 3.33. The van der Waals surface area contributed by atoms with Gasteiger partial charge >= 0.3 is 0 Å². The van der Waals surface area contributed by atoms with Crippen molar-refractivity contribution in [3.8, 4) is 0 Å². The molecule has 1 rings (SSSR count). The predicted octanol–water partition coefficient (Wildman–Crippen LogP) is 1.24. The van der Waals surface area contributed by atoms with Crippen molar-refractivity contribution in [2.24, 2.45) is 5.41 Å². The topological polar surface area (TPSA) is 32.3 Å². The third kappa shape index (κ3) is 3.29. The van der Waals surface area contributed by atoms with Gasteiger partial charge in [0.25, 0.3) is 0 Å². The standard InChI is InChI=1S/C11H22N2O/c1-11(2)6-5-9(7-11)12-8-10(14)13(3)4/h9,12H,5-8H2,1-4H3. The summed E-state index contributed by atoms with van der Waals surface area (Å²) in [6, 6.07) is 0.536. The highest BCUT2D eigenvalue weighted by molar-refractivity contribution is 5.77. The Labute approximate surface area is 86.9 Å². The summed E-state index contributed by atoms with van der Waals surface area (Å²) in [6.07, 6.45) is 3.65. The molecule has 1 amide bonds. The lowest BCUT2D eigenvalue weighted by Crippen LogP contribution is -2.37. The first-order chi connectivity index (χ1) is 6.41. The van der Waals surface area contributed by atoms with Crippen LogP contribution in [-0.4, -0.2) is 37.5 Å². The van der Waals surface area contributed by atoms with Crippen LogP contribution in [0.1, 0.15) is 33.1 Å². The minimum atomic E-state index is 0.162. The molecule has 1 aliphatic carbocycles. The fourth-order valence-corrected chi connectivity index (χ4v) is 2.00. The third-order valence-corrected chi connectivity index (χ3v) is 3.01. The van der Waals surface area contributed by atoms with E-state index in [-0.39, 0.29) is 5.91 Å². The van der Waals surface area contributed by atoms with Crippen LogP contribution < -0.4 is 5.32 Å². The molecule has 0 aromatic rings. The van der Waals surface area contributed by atoms with E-state index in [0.717, 1.165) is 0 Å². The molecule has 1 N–H and O–H groups in total. The van der Waals surface area contributed by atoms with E-state index in [0.29, 0.717) is 18.0 Å². The molecule has 1 aliphatic rings. The van der Waals surface area contributed by atoms with Crippen molar-refractivity contribution in [3.05, 3.63) is 0 Å². The zero-order chi connectivity index (χ0) is 10.8. The molecule has 1 fully saturated rings. The maximum Gasteiger partial charge on any atom is 0.236 e. The highest BCUT2D eigenvalue weighted by atomic mass is 16.2. The maximum absolute atomic E-state index is 11.3. The van der Waals surface area contributed by atoms with Crippen LogP contribution >= 0.6 is 0 Å². The lowest BCUT2D eigenvalue weighted by molar-refractivity contribution is -0.127. The van der Waals surface area contributed by atoms with Crippen LogP contribution in [0, 0.1) is 5.41 Å². The summed E-state index contributed by atoms with van der Waals surface area (Å²) >= 11 is 0. The minimum absolute atomic E-state index is 0.162. The second-order valence-electron chi connectivity index (χ2n) is 5.27. The summed E-state index contributed by atoms with van der Waals surface area (Å²) in [6.45, 7) is 5.07. The number of hydrogen-bond acceptors (Lipinski definition) is 2. The van der Waals surface area contributed by atoms with E-state index in [4.69, 9.17) is 0 Å². The van der Waals surface area contributed by atoms with E-state index in [2.05, 4.69) is 19.2 Å². The monoisotopic (exact) mass is 198 g/mol. The lowest BCUT2D eigenvalue weighted by Gasteiger charge is -2.18. The molecule has 3 nitrogen and oxygen atoms in total. The van der Waals surface area contributed by atoms with E-state index >= 15 is 0 Å². The second-order valence-corrected chi connectivity index (χ2v) is 5.27. The van der Waals surface area contributed by atoms with Crippen molar-refractivity contribution in [2.75, 3.05) is 20.6 Å². The van der Waals surface area contributed by atoms with Crippen LogP contribution in [0.25, 0.3) is 0 Å². The fourth-order valence-electron chi connectivity index (χ4n) is 2.00. The predicted molar refractivity (Wildman–Crippen MR) is 58.1 cm³/mol. The molecular formula is C11H22N2O. The van der Waals surface area contributed by atoms with Gasteiger partial charge in [0.2, 0.25) is 5.91 Å². The summed E-state index contributed by atoms with van der Waals surface area (Å²) in [5.74, 6) is 0.162. The summed E-state index contributed by atoms with van der Waals surface area (Å²) < 4.78 is 0.